The smallest absolute Gasteiger partial charge is 0.250 e. The number of pyridine rings is 1. The second kappa shape index (κ2) is 5.40. The van der Waals surface area contributed by atoms with Crippen molar-refractivity contribution in [2.45, 2.75) is 19.3 Å². The van der Waals surface area contributed by atoms with Crippen molar-refractivity contribution in [3.63, 3.8) is 0 Å². The molecule has 1 aromatic carbocycles. The normalized spacial score (nSPS) is 19.8. The maximum Gasteiger partial charge on any atom is 0.250 e. The Labute approximate surface area is 127 Å². The molecule has 1 amide bonds. The van der Waals surface area contributed by atoms with Gasteiger partial charge in [-0.2, -0.15) is 0 Å². The Bertz CT molecular complexity index is 780. The van der Waals surface area contributed by atoms with Crippen molar-refractivity contribution in [2.24, 2.45) is 13.0 Å². The van der Waals surface area contributed by atoms with Crippen LogP contribution in [0, 0.1) is 18.7 Å². The van der Waals surface area contributed by atoms with E-state index >= 15 is 0 Å². The number of anilines is 1. The first kappa shape index (κ1) is 14.5. The first-order chi connectivity index (χ1) is 10.5. The number of carbonyl (C=O) groups excluding carboxylic acids is 1. The molecule has 1 aliphatic carbocycles. The molecule has 1 fully saturated rings. The monoisotopic (exact) mass is 300 g/mol. The van der Waals surface area contributed by atoms with E-state index in [0.717, 1.165) is 17.5 Å². The molecule has 2 atom stereocenters. The highest BCUT2D eigenvalue weighted by Gasteiger charge is 2.44. The number of benzene rings is 1. The first-order valence-electron chi connectivity index (χ1n) is 7.19. The molecule has 0 unspecified atom stereocenters. The van der Waals surface area contributed by atoms with Crippen molar-refractivity contribution in [2.75, 3.05) is 5.32 Å². The van der Waals surface area contributed by atoms with Gasteiger partial charge in [-0.15, -0.1) is 0 Å². The molecule has 1 heterocycles. The zero-order valence-corrected chi connectivity index (χ0v) is 12.5. The van der Waals surface area contributed by atoms with Crippen LogP contribution in [-0.2, 0) is 11.8 Å². The molecule has 0 radical (unpaired) electrons. The Morgan fingerprint density at radius 3 is 2.68 bits per heavy atom. The van der Waals surface area contributed by atoms with Gasteiger partial charge in [0.1, 0.15) is 5.82 Å². The summed E-state index contributed by atoms with van der Waals surface area (Å²) in [5.74, 6) is -0.280. The Morgan fingerprint density at radius 2 is 2.00 bits per heavy atom. The minimum atomic E-state index is -0.272. The van der Waals surface area contributed by atoms with Crippen LogP contribution >= 0.6 is 0 Å². The van der Waals surface area contributed by atoms with E-state index < -0.39 is 0 Å². The van der Waals surface area contributed by atoms with Gasteiger partial charge in [0.05, 0.1) is 5.69 Å². The number of hydrogen-bond donors (Lipinski definition) is 1. The molecule has 4 nitrogen and oxygen atoms in total. The van der Waals surface area contributed by atoms with Crippen LogP contribution in [0.4, 0.5) is 10.1 Å². The summed E-state index contributed by atoms with van der Waals surface area (Å²) in [6.07, 6.45) is 2.40. The topological polar surface area (TPSA) is 51.1 Å². The lowest BCUT2D eigenvalue weighted by atomic mass is 10.1. The Hall–Kier alpha value is -2.43. The van der Waals surface area contributed by atoms with Crippen LogP contribution in [0.1, 0.15) is 23.5 Å². The zero-order chi connectivity index (χ0) is 15.9. The molecule has 22 heavy (non-hydrogen) atoms. The van der Waals surface area contributed by atoms with Crippen LogP contribution in [0.2, 0.25) is 0 Å². The van der Waals surface area contributed by atoms with Gasteiger partial charge in [-0.3, -0.25) is 9.59 Å². The van der Waals surface area contributed by atoms with Gasteiger partial charge in [0.15, 0.2) is 0 Å². The molecule has 1 aromatic heterocycles. The highest BCUT2D eigenvalue weighted by atomic mass is 19.1. The van der Waals surface area contributed by atoms with Crippen molar-refractivity contribution in [1.29, 1.82) is 0 Å². The van der Waals surface area contributed by atoms with Gasteiger partial charge in [0, 0.05) is 25.2 Å². The number of amides is 1. The molecule has 0 aliphatic heterocycles. The lowest BCUT2D eigenvalue weighted by Gasteiger charge is -2.09. The van der Waals surface area contributed by atoms with E-state index in [1.165, 1.54) is 22.8 Å². The van der Waals surface area contributed by atoms with Gasteiger partial charge in [-0.25, -0.2) is 4.39 Å². The van der Waals surface area contributed by atoms with Gasteiger partial charge in [-0.1, -0.05) is 12.1 Å². The molecule has 0 bridgehead atoms. The lowest BCUT2D eigenvalue weighted by molar-refractivity contribution is -0.117. The summed E-state index contributed by atoms with van der Waals surface area (Å²) < 4.78 is 14.4. The van der Waals surface area contributed by atoms with Crippen LogP contribution in [-0.4, -0.2) is 10.5 Å². The van der Waals surface area contributed by atoms with Gasteiger partial charge in [-0.05, 0) is 42.5 Å². The number of carbonyl (C=O) groups is 1. The Kier molecular flexibility index (Phi) is 3.56. The molecule has 5 heteroatoms. The SMILES string of the molecule is Cc1cc(=O)n(C)cc1NC(=O)[C@@H]1C[C@@H]1c1ccc(F)cc1. The predicted octanol–water partition coefficient (Wildman–Crippen LogP) is 2.58. The van der Waals surface area contributed by atoms with E-state index in [4.69, 9.17) is 0 Å². The first-order valence-corrected chi connectivity index (χ1v) is 7.19. The summed E-state index contributed by atoms with van der Waals surface area (Å²) >= 11 is 0. The molecule has 1 N–H and O–H groups in total. The zero-order valence-electron chi connectivity index (χ0n) is 12.5. The van der Waals surface area contributed by atoms with E-state index in [-0.39, 0.29) is 29.1 Å². The van der Waals surface area contributed by atoms with Crippen molar-refractivity contribution in [1.82, 2.24) is 4.57 Å². The summed E-state index contributed by atoms with van der Waals surface area (Å²) in [6, 6.07) is 7.79. The fourth-order valence-electron chi connectivity index (χ4n) is 2.64. The minimum absolute atomic E-state index is 0.0592. The molecule has 1 aliphatic rings. The van der Waals surface area contributed by atoms with E-state index in [9.17, 15) is 14.0 Å². The van der Waals surface area contributed by atoms with Crippen molar-refractivity contribution >= 4 is 11.6 Å². The van der Waals surface area contributed by atoms with Crippen LogP contribution < -0.4 is 10.9 Å². The van der Waals surface area contributed by atoms with E-state index in [2.05, 4.69) is 5.32 Å². The van der Waals surface area contributed by atoms with Gasteiger partial charge in [0.25, 0.3) is 5.56 Å². The third-order valence-electron chi connectivity index (χ3n) is 4.12. The van der Waals surface area contributed by atoms with E-state index in [1.54, 1.807) is 32.3 Å². The number of hydrogen-bond acceptors (Lipinski definition) is 2. The molecule has 0 spiro atoms. The van der Waals surface area contributed by atoms with Crippen LogP contribution in [0.5, 0.6) is 0 Å². The van der Waals surface area contributed by atoms with Crippen LogP contribution in [0.3, 0.4) is 0 Å². The Morgan fingerprint density at radius 1 is 1.32 bits per heavy atom. The summed E-state index contributed by atoms with van der Waals surface area (Å²) in [5, 5.41) is 2.88. The lowest BCUT2D eigenvalue weighted by Crippen LogP contribution is -2.20. The molecule has 1 saturated carbocycles. The highest BCUT2D eigenvalue weighted by molar-refractivity contribution is 5.95. The largest absolute Gasteiger partial charge is 0.324 e. The summed E-state index contributed by atoms with van der Waals surface area (Å²) in [6.45, 7) is 1.79. The molecule has 3 rings (SSSR count). The second-order valence-corrected chi connectivity index (χ2v) is 5.81. The van der Waals surface area contributed by atoms with Crippen molar-refractivity contribution in [3.8, 4) is 0 Å². The second-order valence-electron chi connectivity index (χ2n) is 5.81. The fraction of sp³-hybridized carbons (Fsp3) is 0.294. The molecule has 114 valence electrons. The minimum Gasteiger partial charge on any atom is -0.324 e. The van der Waals surface area contributed by atoms with Crippen LogP contribution in [0.25, 0.3) is 0 Å². The van der Waals surface area contributed by atoms with E-state index in [0.29, 0.717) is 5.69 Å². The summed E-state index contributed by atoms with van der Waals surface area (Å²) in [7, 11) is 1.65. The maximum atomic E-state index is 12.9. The number of nitrogens with one attached hydrogen (secondary N) is 1. The summed E-state index contributed by atoms with van der Waals surface area (Å²) in [4.78, 5) is 23.8. The van der Waals surface area contributed by atoms with Gasteiger partial charge >= 0.3 is 0 Å². The third kappa shape index (κ3) is 2.79. The predicted molar refractivity (Wildman–Crippen MR) is 82.3 cm³/mol. The number of halogens is 1. The molecule has 2 aromatic rings. The highest BCUT2D eigenvalue weighted by Crippen LogP contribution is 2.48. The van der Waals surface area contributed by atoms with Gasteiger partial charge < -0.3 is 9.88 Å². The number of nitrogens with zero attached hydrogens (tertiary/aromatic N) is 1. The number of aryl methyl sites for hydroxylation is 2. The molecular formula is C17H17FN2O2. The van der Waals surface area contributed by atoms with Gasteiger partial charge in [0.2, 0.25) is 5.91 Å². The van der Waals surface area contributed by atoms with E-state index in [1.807, 2.05) is 0 Å². The standard InChI is InChI=1S/C17H17FN2O2/c1-10-7-16(21)20(2)9-15(10)19-17(22)14-8-13(14)11-3-5-12(18)6-4-11/h3-7,9,13-14H,8H2,1-2H3,(H,19,22)/t13-,14-/m1/s1. The van der Waals surface area contributed by atoms with Crippen molar-refractivity contribution < 1.29 is 9.18 Å². The summed E-state index contributed by atoms with van der Waals surface area (Å²) in [5.41, 5.74) is 2.28. The average Bonchev–Trinajstić information content (AvgIpc) is 3.26. The van der Waals surface area contributed by atoms with Crippen molar-refractivity contribution in [3.05, 3.63) is 63.8 Å². The fourth-order valence-corrected chi connectivity index (χ4v) is 2.64. The molecular weight excluding hydrogens is 283 g/mol. The average molecular weight is 300 g/mol. The number of rotatable bonds is 3. The number of aromatic nitrogens is 1. The Balaban J connectivity index is 1.70. The van der Waals surface area contributed by atoms with Crippen LogP contribution in [0.15, 0.2) is 41.3 Å². The molecule has 0 saturated heterocycles. The third-order valence-corrected chi connectivity index (χ3v) is 4.12. The maximum absolute atomic E-state index is 12.9. The quantitative estimate of drug-likeness (QED) is 0.947.